The van der Waals surface area contributed by atoms with Gasteiger partial charge < -0.3 is 24.8 Å². The fraction of sp³-hybridized carbons (Fsp3) is 0.188. The summed E-state index contributed by atoms with van der Waals surface area (Å²) < 4.78 is 10.6. The van der Waals surface area contributed by atoms with Crippen molar-refractivity contribution in [3.8, 4) is 28.7 Å². The van der Waals surface area contributed by atoms with E-state index in [0.717, 1.165) is 0 Å². The molecule has 0 spiro atoms. The van der Waals surface area contributed by atoms with E-state index in [2.05, 4.69) is 0 Å². The molecule has 1 aliphatic heterocycles. The highest BCUT2D eigenvalue weighted by molar-refractivity contribution is 5.89. The molecule has 3 rings (SSSR count). The van der Waals surface area contributed by atoms with Gasteiger partial charge in [-0.15, -0.1) is 0 Å². The van der Waals surface area contributed by atoms with Gasteiger partial charge in [-0.1, -0.05) is 6.07 Å². The van der Waals surface area contributed by atoms with Gasteiger partial charge in [0.2, 0.25) is 0 Å². The number of aromatic hydroxyl groups is 3. The van der Waals surface area contributed by atoms with Crippen molar-refractivity contribution in [1.29, 1.82) is 0 Å². The van der Waals surface area contributed by atoms with Gasteiger partial charge in [0.15, 0.2) is 23.4 Å². The fourth-order valence-corrected chi connectivity index (χ4v) is 2.47. The minimum Gasteiger partial charge on any atom is -0.508 e. The molecule has 0 bridgehead atoms. The quantitative estimate of drug-likeness (QED) is 0.786. The summed E-state index contributed by atoms with van der Waals surface area (Å²) in [7, 11) is 1.41. The molecule has 0 aliphatic carbocycles. The number of hydrogen-bond acceptors (Lipinski definition) is 6. The summed E-state index contributed by atoms with van der Waals surface area (Å²) in [5.74, 6) is -0.100. The van der Waals surface area contributed by atoms with Crippen molar-refractivity contribution >= 4 is 5.78 Å². The number of Topliss-reactive ketones (excluding diaryl/α,β-unsaturated/α-hetero) is 1. The Labute approximate surface area is 126 Å². The van der Waals surface area contributed by atoms with Gasteiger partial charge in [-0.2, -0.15) is 0 Å². The molecule has 2 aromatic carbocycles. The molecule has 114 valence electrons. The third kappa shape index (κ3) is 2.28. The van der Waals surface area contributed by atoms with Crippen LogP contribution >= 0.6 is 0 Å². The van der Waals surface area contributed by atoms with Gasteiger partial charge in [-0.3, -0.25) is 4.79 Å². The summed E-state index contributed by atoms with van der Waals surface area (Å²) in [5.41, 5.74) is 0.873. The number of ketones is 1. The Balaban J connectivity index is 2.01. The third-order valence-corrected chi connectivity index (χ3v) is 3.56. The van der Waals surface area contributed by atoms with Crippen LogP contribution in [-0.2, 0) is 11.2 Å². The van der Waals surface area contributed by atoms with Crippen molar-refractivity contribution in [3.05, 3.63) is 41.5 Å². The summed E-state index contributed by atoms with van der Waals surface area (Å²) in [5, 5.41) is 28.9. The maximum absolute atomic E-state index is 12.3. The van der Waals surface area contributed by atoms with Crippen LogP contribution in [0.15, 0.2) is 30.3 Å². The summed E-state index contributed by atoms with van der Waals surface area (Å²) in [6.07, 6.45) is -0.891. The summed E-state index contributed by atoms with van der Waals surface area (Å²) in [6, 6.07) is 7.02. The molecule has 1 heterocycles. The highest BCUT2D eigenvalue weighted by Crippen LogP contribution is 2.41. The zero-order chi connectivity index (χ0) is 15.9. The molecule has 0 aromatic heterocycles. The van der Waals surface area contributed by atoms with Crippen LogP contribution in [0.3, 0.4) is 0 Å². The van der Waals surface area contributed by atoms with E-state index in [4.69, 9.17) is 9.47 Å². The third-order valence-electron chi connectivity index (χ3n) is 3.56. The Hall–Kier alpha value is -2.89. The topological polar surface area (TPSA) is 96.2 Å². The maximum atomic E-state index is 12.3. The molecular weight excluding hydrogens is 288 g/mol. The molecule has 0 saturated carbocycles. The van der Waals surface area contributed by atoms with Gasteiger partial charge in [0.25, 0.3) is 0 Å². The first-order valence-corrected chi connectivity index (χ1v) is 6.60. The second-order valence-corrected chi connectivity index (χ2v) is 5.01. The number of phenolic OH excluding ortho intramolecular Hbond substituents is 3. The fourth-order valence-electron chi connectivity index (χ4n) is 2.47. The van der Waals surface area contributed by atoms with Crippen molar-refractivity contribution in [3.63, 3.8) is 0 Å². The number of carbonyl (C=O) groups excluding carboxylic acids is 1. The Kier molecular flexibility index (Phi) is 3.29. The van der Waals surface area contributed by atoms with Crippen LogP contribution in [0.1, 0.15) is 17.2 Å². The van der Waals surface area contributed by atoms with E-state index < -0.39 is 6.10 Å². The molecule has 2 aromatic rings. The Morgan fingerprint density at radius 2 is 1.91 bits per heavy atom. The lowest BCUT2D eigenvalue weighted by molar-refractivity contribution is -0.126. The normalized spacial score (nSPS) is 16.8. The van der Waals surface area contributed by atoms with Crippen LogP contribution in [0.25, 0.3) is 0 Å². The molecule has 0 amide bonds. The van der Waals surface area contributed by atoms with E-state index >= 15 is 0 Å². The Morgan fingerprint density at radius 3 is 2.64 bits per heavy atom. The van der Waals surface area contributed by atoms with Crippen LogP contribution in [-0.4, -0.2) is 28.2 Å². The lowest BCUT2D eigenvalue weighted by Gasteiger charge is -2.26. The van der Waals surface area contributed by atoms with Gasteiger partial charge in [0.1, 0.15) is 17.2 Å². The number of phenols is 3. The molecule has 22 heavy (non-hydrogen) atoms. The average molecular weight is 302 g/mol. The minimum absolute atomic E-state index is 0.00466. The Bertz CT molecular complexity index is 753. The number of benzene rings is 2. The van der Waals surface area contributed by atoms with E-state index in [-0.39, 0.29) is 41.0 Å². The Morgan fingerprint density at radius 1 is 1.14 bits per heavy atom. The molecule has 0 saturated heterocycles. The van der Waals surface area contributed by atoms with Crippen LogP contribution < -0.4 is 9.47 Å². The van der Waals surface area contributed by atoms with Crippen LogP contribution in [0.5, 0.6) is 28.7 Å². The first-order chi connectivity index (χ1) is 10.5. The molecule has 6 heteroatoms. The summed E-state index contributed by atoms with van der Waals surface area (Å²) in [6.45, 7) is 0. The lowest BCUT2D eigenvalue weighted by Crippen LogP contribution is -2.25. The maximum Gasteiger partial charge on any atom is 0.182 e. The van der Waals surface area contributed by atoms with E-state index in [1.807, 2.05) is 0 Å². The van der Waals surface area contributed by atoms with Crippen LogP contribution in [0.4, 0.5) is 0 Å². The second-order valence-electron chi connectivity index (χ2n) is 5.01. The van der Waals surface area contributed by atoms with Crippen molar-refractivity contribution in [2.45, 2.75) is 12.5 Å². The van der Waals surface area contributed by atoms with E-state index in [1.54, 1.807) is 6.07 Å². The van der Waals surface area contributed by atoms with Crippen molar-refractivity contribution < 1.29 is 29.6 Å². The monoisotopic (exact) mass is 302 g/mol. The van der Waals surface area contributed by atoms with Crippen LogP contribution in [0, 0.1) is 0 Å². The van der Waals surface area contributed by atoms with Crippen molar-refractivity contribution in [2.24, 2.45) is 0 Å². The first-order valence-electron chi connectivity index (χ1n) is 6.60. The van der Waals surface area contributed by atoms with Gasteiger partial charge >= 0.3 is 0 Å². The summed E-state index contributed by atoms with van der Waals surface area (Å²) in [4.78, 5) is 12.3. The van der Waals surface area contributed by atoms with Gasteiger partial charge in [-0.25, -0.2) is 0 Å². The minimum atomic E-state index is -0.886. The highest BCUT2D eigenvalue weighted by Gasteiger charge is 2.32. The van der Waals surface area contributed by atoms with Gasteiger partial charge in [-0.05, 0) is 12.1 Å². The number of fused-ring (bicyclic) bond motifs is 1. The van der Waals surface area contributed by atoms with Gasteiger partial charge in [0.05, 0.1) is 7.11 Å². The predicted octanol–water partition coefficient (Wildman–Crippen LogP) is 2.06. The molecule has 1 aliphatic rings. The number of methoxy groups -OCH3 is 1. The lowest BCUT2D eigenvalue weighted by atomic mass is 9.95. The molecule has 6 nitrogen and oxygen atoms in total. The van der Waals surface area contributed by atoms with Crippen molar-refractivity contribution in [1.82, 2.24) is 0 Å². The molecule has 1 atom stereocenters. The molecule has 3 N–H and O–H groups in total. The smallest absolute Gasteiger partial charge is 0.182 e. The SMILES string of the molecule is COc1cc([C@H]2Oc3cc(O)cc(O)c3CC2=O)ccc1O. The zero-order valence-electron chi connectivity index (χ0n) is 11.7. The standard InChI is InChI=1S/C16H14O6/c1-21-15-4-8(2-3-11(15)18)16-13(20)7-10-12(19)5-9(17)6-14(10)22-16/h2-6,16-19H,7H2,1H3/t16-/m1/s1. The number of hydrogen-bond donors (Lipinski definition) is 3. The van der Waals surface area contributed by atoms with E-state index in [1.165, 1.54) is 31.4 Å². The number of ether oxygens (including phenoxy) is 2. The average Bonchev–Trinajstić information content (AvgIpc) is 2.48. The van der Waals surface area contributed by atoms with E-state index in [9.17, 15) is 20.1 Å². The largest absolute Gasteiger partial charge is 0.508 e. The van der Waals surface area contributed by atoms with Gasteiger partial charge in [0, 0.05) is 29.7 Å². The number of rotatable bonds is 2. The van der Waals surface area contributed by atoms with Crippen molar-refractivity contribution in [2.75, 3.05) is 7.11 Å². The second kappa shape index (κ2) is 5.14. The molecule has 0 fully saturated rings. The molecular formula is C16H14O6. The highest BCUT2D eigenvalue weighted by atomic mass is 16.5. The number of carbonyl (C=O) groups is 1. The van der Waals surface area contributed by atoms with Crippen LogP contribution in [0.2, 0.25) is 0 Å². The zero-order valence-corrected chi connectivity index (χ0v) is 11.7. The summed E-state index contributed by atoms with van der Waals surface area (Å²) >= 11 is 0. The first kappa shape index (κ1) is 14.1. The molecule has 0 unspecified atom stereocenters. The molecule has 0 radical (unpaired) electrons. The predicted molar refractivity (Wildman–Crippen MR) is 76.5 cm³/mol. The van der Waals surface area contributed by atoms with E-state index in [0.29, 0.717) is 11.1 Å².